The van der Waals surface area contributed by atoms with Gasteiger partial charge in [-0.25, -0.2) is 4.79 Å². The average Bonchev–Trinajstić information content (AvgIpc) is 2.28. The summed E-state index contributed by atoms with van der Waals surface area (Å²) >= 11 is 0. The summed E-state index contributed by atoms with van der Waals surface area (Å²) in [6, 6.07) is 3.64. The lowest BCUT2D eigenvalue weighted by Crippen LogP contribution is -2.36. The van der Waals surface area contributed by atoms with Gasteiger partial charge >= 0.3 is 12.2 Å². The Balaban J connectivity index is 2.73. The number of benzene rings is 1. The van der Waals surface area contributed by atoms with Gasteiger partial charge in [-0.3, -0.25) is 5.41 Å². The summed E-state index contributed by atoms with van der Waals surface area (Å²) in [6.45, 7) is 0.258. The van der Waals surface area contributed by atoms with Crippen molar-refractivity contribution in [3.05, 3.63) is 29.3 Å². The van der Waals surface area contributed by atoms with Crippen LogP contribution in [0.3, 0.4) is 0 Å². The van der Waals surface area contributed by atoms with E-state index in [0.717, 1.165) is 0 Å². The van der Waals surface area contributed by atoms with Crippen LogP contribution in [0.1, 0.15) is 11.1 Å². The summed E-state index contributed by atoms with van der Waals surface area (Å²) in [7, 11) is 0. The number of amides is 2. The molecule has 5 nitrogen and oxygen atoms in total. The topological polar surface area (TPSA) is 91.0 Å². The van der Waals surface area contributed by atoms with E-state index in [4.69, 9.17) is 11.1 Å². The van der Waals surface area contributed by atoms with Crippen LogP contribution in [0.15, 0.2) is 18.2 Å². The number of nitrogen functional groups attached to an aromatic ring is 1. The first-order chi connectivity index (χ1) is 8.69. The van der Waals surface area contributed by atoms with Crippen molar-refractivity contribution in [1.82, 2.24) is 5.32 Å². The number of anilines is 1. The highest BCUT2D eigenvalue weighted by molar-refractivity contribution is 5.97. The number of urea groups is 1. The molecule has 5 N–H and O–H groups in total. The number of nitrogens with two attached hydrogens (primary N) is 1. The van der Waals surface area contributed by atoms with E-state index in [1.165, 1.54) is 6.07 Å². The molecule has 1 rings (SSSR count). The Morgan fingerprint density at radius 2 is 2.05 bits per heavy atom. The first kappa shape index (κ1) is 14.8. The molecule has 0 aliphatic heterocycles. The number of hydrogen-bond acceptors (Lipinski definition) is 2. The zero-order valence-corrected chi connectivity index (χ0v) is 10.1. The molecule has 0 atom stereocenters. The van der Waals surface area contributed by atoms with E-state index in [2.05, 4.69) is 5.32 Å². The number of halogens is 3. The SMILES string of the molecule is Cc1ccc(C(=N)N)cc1NC(=O)NCC(F)(F)F. The largest absolute Gasteiger partial charge is 0.405 e. The van der Waals surface area contributed by atoms with Gasteiger partial charge in [0.25, 0.3) is 0 Å². The van der Waals surface area contributed by atoms with E-state index in [0.29, 0.717) is 16.8 Å². The molecule has 0 aliphatic rings. The van der Waals surface area contributed by atoms with Crippen LogP contribution in [0.25, 0.3) is 0 Å². The van der Waals surface area contributed by atoms with Gasteiger partial charge in [0.05, 0.1) is 0 Å². The standard InChI is InChI=1S/C11H13F3N4O/c1-6-2-3-7(9(15)16)4-8(6)18-10(19)17-5-11(12,13)14/h2-4H,5H2,1H3,(H3,15,16)(H2,17,18,19). The Bertz CT molecular complexity index is 499. The van der Waals surface area contributed by atoms with Gasteiger partial charge in [-0.1, -0.05) is 12.1 Å². The predicted octanol–water partition coefficient (Wildman–Crippen LogP) is 1.96. The second-order valence-corrected chi connectivity index (χ2v) is 3.87. The second kappa shape index (κ2) is 5.59. The summed E-state index contributed by atoms with van der Waals surface area (Å²) in [5.41, 5.74) is 6.60. The van der Waals surface area contributed by atoms with Crippen LogP contribution in [0.4, 0.5) is 23.7 Å². The second-order valence-electron chi connectivity index (χ2n) is 3.87. The fourth-order valence-corrected chi connectivity index (χ4v) is 1.27. The van der Waals surface area contributed by atoms with Gasteiger partial charge in [0, 0.05) is 11.3 Å². The number of hydrogen-bond donors (Lipinski definition) is 4. The van der Waals surface area contributed by atoms with Crippen LogP contribution in [0.2, 0.25) is 0 Å². The number of rotatable bonds is 3. The van der Waals surface area contributed by atoms with Crippen LogP contribution < -0.4 is 16.4 Å². The summed E-state index contributed by atoms with van der Waals surface area (Å²) in [5.74, 6) is -0.196. The summed E-state index contributed by atoms with van der Waals surface area (Å²) < 4.78 is 35.8. The zero-order chi connectivity index (χ0) is 14.6. The quantitative estimate of drug-likeness (QED) is 0.501. The first-order valence-corrected chi connectivity index (χ1v) is 5.25. The molecular weight excluding hydrogens is 261 g/mol. The molecular formula is C11H13F3N4O. The molecule has 8 heteroatoms. The van der Waals surface area contributed by atoms with Gasteiger partial charge in [0.15, 0.2) is 0 Å². The van der Waals surface area contributed by atoms with E-state index in [9.17, 15) is 18.0 Å². The fraction of sp³-hybridized carbons (Fsp3) is 0.273. The van der Waals surface area contributed by atoms with Gasteiger partial charge in [-0.15, -0.1) is 0 Å². The van der Waals surface area contributed by atoms with E-state index >= 15 is 0 Å². The third kappa shape index (κ3) is 4.86. The van der Waals surface area contributed by atoms with Crippen molar-refractivity contribution in [2.75, 3.05) is 11.9 Å². The van der Waals surface area contributed by atoms with Gasteiger partial charge in [0.1, 0.15) is 12.4 Å². The molecule has 104 valence electrons. The number of alkyl halides is 3. The molecule has 0 aromatic heterocycles. The molecule has 1 aromatic carbocycles. The molecule has 0 heterocycles. The number of amidine groups is 1. The third-order valence-electron chi connectivity index (χ3n) is 2.25. The highest BCUT2D eigenvalue weighted by Gasteiger charge is 2.27. The predicted molar refractivity (Wildman–Crippen MR) is 65.3 cm³/mol. The Morgan fingerprint density at radius 1 is 1.42 bits per heavy atom. The molecule has 0 spiro atoms. The minimum atomic E-state index is -4.46. The maximum atomic E-state index is 11.9. The van der Waals surface area contributed by atoms with Crippen molar-refractivity contribution < 1.29 is 18.0 Å². The van der Waals surface area contributed by atoms with Crippen molar-refractivity contribution in [3.8, 4) is 0 Å². The minimum Gasteiger partial charge on any atom is -0.384 e. The lowest BCUT2D eigenvalue weighted by molar-refractivity contribution is -0.122. The minimum absolute atomic E-state index is 0.196. The molecule has 0 unspecified atom stereocenters. The molecule has 0 saturated carbocycles. The lowest BCUT2D eigenvalue weighted by atomic mass is 10.1. The number of carbonyl (C=O) groups is 1. The van der Waals surface area contributed by atoms with Crippen molar-refractivity contribution in [1.29, 1.82) is 5.41 Å². The first-order valence-electron chi connectivity index (χ1n) is 5.25. The zero-order valence-electron chi connectivity index (χ0n) is 10.1. The van der Waals surface area contributed by atoms with Crippen LogP contribution in [0.5, 0.6) is 0 Å². The van der Waals surface area contributed by atoms with Gasteiger partial charge < -0.3 is 16.4 Å². The summed E-state index contributed by atoms with van der Waals surface area (Å²) in [5, 5.41) is 11.2. The average molecular weight is 274 g/mol. The van der Waals surface area contributed by atoms with E-state index in [1.807, 2.05) is 0 Å². The molecule has 1 aromatic rings. The van der Waals surface area contributed by atoms with Crippen LogP contribution in [0, 0.1) is 12.3 Å². The third-order valence-corrected chi connectivity index (χ3v) is 2.25. The Morgan fingerprint density at radius 3 is 2.58 bits per heavy atom. The molecule has 0 fully saturated rings. The van der Waals surface area contributed by atoms with Crippen LogP contribution in [-0.2, 0) is 0 Å². The van der Waals surface area contributed by atoms with E-state index in [1.54, 1.807) is 24.4 Å². The Kier molecular flexibility index (Phi) is 4.36. The van der Waals surface area contributed by atoms with Crippen molar-refractivity contribution >= 4 is 17.6 Å². The van der Waals surface area contributed by atoms with E-state index in [-0.39, 0.29) is 5.84 Å². The monoisotopic (exact) mass is 274 g/mol. The Labute approximate surface area is 107 Å². The highest BCUT2D eigenvalue weighted by Crippen LogP contribution is 2.17. The Hall–Kier alpha value is -2.25. The fourth-order valence-electron chi connectivity index (χ4n) is 1.27. The highest BCUT2D eigenvalue weighted by atomic mass is 19.4. The molecule has 0 aliphatic carbocycles. The number of nitrogens with one attached hydrogen (secondary N) is 3. The molecule has 0 radical (unpaired) electrons. The normalized spacial score (nSPS) is 10.9. The summed E-state index contributed by atoms with van der Waals surface area (Å²) in [6.07, 6.45) is -4.46. The van der Waals surface area contributed by atoms with Crippen LogP contribution in [-0.4, -0.2) is 24.6 Å². The van der Waals surface area contributed by atoms with Gasteiger partial charge in [0.2, 0.25) is 0 Å². The lowest BCUT2D eigenvalue weighted by Gasteiger charge is -2.12. The molecule has 0 bridgehead atoms. The van der Waals surface area contributed by atoms with Gasteiger partial charge in [-0.05, 0) is 18.6 Å². The molecule has 19 heavy (non-hydrogen) atoms. The molecule has 0 saturated heterocycles. The van der Waals surface area contributed by atoms with E-state index < -0.39 is 18.8 Å². The number of aryl methyl sites for hydroxylation is 1. The van der Waals surface area contributed by atoms with Crippen molar-refractivity contribution in [2.24, 2.45) is 5.73 Å². The molecule has 2 amide bonds. The van der Waals surface area contributed by atoms with Crippen molar-refractivity contribution in [2.45, 2.75) is 13.1 Å². The number of carbonyl (C=O) groups excluding carboxylic acids is 1. The smallest absolute Gasteiger partial charge is 0.384 e. The maximum absolute atomic E-state index is 11.9. The van der Waals surface area contributed by atoms with Crippen molar-refractivity contribution in [3.63, 3.8) is 0 Å². The van der Waals surface area contributed by atoms with Gasteiger partial charge in [-0.2, -0.15) is 13.2 Å². The maximum Gasteiger partial charge on any atom is 0.405 e. The summed E-state index contributed by atoms with van der Waals surface area (Å²) in [4.78, 5) is 11.3. The van der Waals surface area contributed by atoms with Crippen LogP contribution >= 0.6 is 0 Å².